The topological polar surface area (TPSA) is 123 Å². The number of hydrogen-bond donors (Lipinski definition) is 5. The Morgan fingerprint density at radius 2 is 1.66 bits per heavy atom. The van der Waals surface area contributed by atoms with Crippen LogP contribution in [0, 0.1) is 0 Å². The second-order valence-electron chi connectivity index (χ2n) is 8.72. The minimum absolute atomic E-state index is 0. The van der Waals surface area contributed by atoms with E-state index >= 15 is 0 Å². The number of hydrogen-bond acceptors (Lipinski definition) is 5. The lowest BCUT2D eigenvalue weighted by Crippen LogP contribution is -2.17. The molecule has 8 nitrogen and oxygen atoms in total. The molecule has 0 unspecified atom stereocenters. The molecule has 9 heteroatoms. The Morgan fingerprint density at radius 3 is 2.42 bits per heavy atom. The van der Waals surface area contributed by atoms with Crippen molar-refractivity contribution in [2.75, 3.05) is 17.2 Å². The maximum Gasteiger partial charge on any atom is 0.261 e. The van der Waals surface area contributed by atoms with E-state index in [9.17, 15) is 14.7 Å². The summed E-state index contributed by atoms with van der Waals surface area (Å²) in [6.45, 7) is 0.212. The number of carbonyl (C=O) groups is 1. The van der Waals surface area contributed by atoms with Crippen molar-refractivity contribution in [3.63, 3.8) is 0 Å². The van der Waals surface area contributed by atoms with Crippen LogP contribution in [0.4, 0.5) is 11.4 Å². The first-order valence-corrected chi connectivity index (χ1v) is 12.1. The number of aromatic amines is 2. The van der Waals surface area contributed by atoms with Crippen molar-refractivity contribution in [1.29, 1.82) is 0 Å². The number of aromatic nitrogens is 3. The number of nitrogens with one attached hydrogen (secondary N) is 4. The minimum Gasteiger partial charge on any atom is -0.387 e. The first-order chi connectivity index (χ1) is 18.1. The summed E-state index contributed by atoms with van der Waals surface area (Å²) in [5, 5.41) is 16.7. The number of carbonyl (C=O) groups excluding carboxylic acids is 1. The Hall–Kier alpha value is -4.40. The highest BCUT2D eigenvalue weighted by atomic mass is 35.5. The summed E-state index contributed by atoms with van der Waals surface area (Å²) in [7, 11) is 0. The third-order valence-corrected chi connectivity index (χ3v) is 6.14. The number of halogens is 1. The Labute approximate surface area is 225 Å². The predicted molar refractivity (Wildman–Crippen MR) is 153 cm³/mol. The Morgan fingerprint density at radius 1 is 0.921 bits per heavy atom. The summed E-state index contributed by atoms with van der Waals surface area (Å²) in [6, 6.07) is 26.3. The summed E-state index contributed by atoms with van der Waals surface area (Å²) in [5.74, 6) is 0.246. The van der Waals surface area contributed by atoms with Gasteiger partial charge in [-0.1, -0.05) is 66.7 Å². The van der Waals surface area contributed by atoms with Crippen molar-refractivity contribution in [3.8, 4) is 11.4 Å². The van der Waals surface area contributed by atoms with Gasteiger partial charge in [-0.3, -0.25) is 9.59 Å². The number of H-pyrrole nitrogens is 2. The Kier molecular flexibility index (Phi) is 8.58. The molecule has 0 saturated heterocycles. The van der Waals surface area contributed by atoms with Crippen LogP contribution < -0.4 is 16.2 Å². The van der Waals surface area contributed by atoms with E-state index in [2.05, 4.69) is 25.6 Å². The number of para-hydroxylation sites is 1. The van der Waals surface area contributed by atoms with Gasteiger partial charge in [0.15, 0.2) is 0 Å². The molecule has 5 N–H and O–H groups in total. The molecule has 3 aromatic carbocycles. The number of rotatable bonds is 9. The molecular weight excluding hydrogens is 502 g/mol. The zero-order valence-corrected chi connectivity index (χ0v) is 21.3. The van der Waals surface area contributed by atoms with Crippen molar-refractivity contribution in [1.82, 2.24) is 15.0 Å². The van der Waals surface area contributed by atoms with Crippen LogP contribution in [-0.2, 0) is 11.2 Å². The standard InChI is InChI=1S/C29H27N5O3.ClH/c35-24(20-10-5-2-6-11-20)18-31-21-16-17-30-29(37)26(21)28-33-23-13-7-12-22(27(23)34-28)32-25(36)15-14-19-8-3-1-4-9-19;/h1-13,16-17,24,35H,14-15,18H2,(H,32,36)(H,33,34)(H2,30,31,37);1H/t24-;/m1./s1. The molecule has 0 aliphatic rings. The number of benzene rings is 3. The molecule has 2 aromatic heterocycles. The van der Waals surface area contributed by atoms with Gasteiger partial charge in [-0.15, -0.1) is 12.4 Å². The van der Waals surface area contributed by atoms with E-state index in [-0.39, 0.29) is 30.4 Å². The number of fused-ring (bicyclic) bond motifs is 1. The number of pyridine rings is 1. The van der Waals surface area contributed by atoms with Gasteiger partial charge in [0, 0.05) is 19.2 Å². The summed E-state index contributed by atoms with van der Waals surface area (Å²) >= 11 is 0. The molecular formula is C29H28ClN5O3. The van der Waals surface area contributed by atoms with E-state index in [4.69, 9.17) is 0 Å². The first kappa shape index (κ1) is 26.7. The Balaban J connectivity index is 0.00000336. The monoisotopic (exact) mass is 529 g/mol. The van der Waals surface area contributed by atoms with Gasteiger partial charge in [0.25, 0.3) is 5.56 Å². The lowest BCUT2D eigenvalue weighted by Gasteiger charge is -2.14. The molecule has 0 aliphatic carbocycles. The lowest BCUT2D eigenvalue weighted by molar-refractivity contribution is -0.116. The van der Waals surface area contributed by atoms with E-state index in [1.807, 2.05) is 72.8 Å². The third-order valence-electron chi connectivity index (χ3n) is 6.14. The number of aliphatic hydroxyl groups excluding tert-OH is 1. The smallest absolute Gasteiger partial charge is 0.261 e. The molecule has 5 rings (SSSR count). The van der Waals surface area contributed by atoms with Gasteiger partial charge < -0.3 is 25.7 Å². The molecule has 0 bridgehead atoms. The molecule has 194 valence electrons. The molecule has 0 aliphatic heterocycles. The van der Waals surface area contributed by atoms with E-state index in [0.717, 1.165) is 11.1 Å². The molecule has 0 fully saturated rings. The van der Waals surface area contributed by atoms with Crippen LogP contribution in [-0.4, -0.2) is 32.5 Å². The number of aryl methyl sites for hydroxylation is 1. The second-order valence-corrected chi connectivity index (χ2v) is 8.72. The minimum atomic E-state index is -0.748. The molecule has 0 spiro atoms. The van der Waals surface area contributed by atoms with Crippen molar-refractivity contribution >= 4 is 40.7 Å². The number of nitrogens with zero attached hydrogens (tertiary/aromatic N) is 1. The maximum absolute atomic E-state index is 12.8. The molecule has 2 heterocycles. The molecule has 1 atom stereocenters. The number of aliphatic hydroxyl groups is 1. The van der Waals surface area contributed by atoms with Crippen molar-refractivity contribution in [2.45, 2.75) is 18.9 Å². The van der Waals surface area contributed by atoms with Crippen LogP contribution in [0.25, 0.3) is 22.4 Å². The highest BCUT2D eigenvalue weighted by molar-refractivity contribution is 6.00. The summed E-state index contributed by atoms with van der Waals surface area (Å²) < 4.78 is 0. The average molecular weight is 530 g/mol. The lowest BCUT2D eigenvalue weighted by atomic mass is 10.1. The van der Waals surface area contributed by atoms with Gasteiger partial charge in [-0.25, -0.2) is 4.98 Å². The molecule has 0 saturated carbocycles. The molecule has 38 heavy (non-hydrogen) atoms. The average Bonchev–Trinajstić information content (AvgIpc) is 3.36. The van der Waals surface area contributed by atoms with Crippen molar-refractivity contribution in [2.24, 2.45) is 0 Å². The zero-order valence-electron chi connectivity index (χ0n) is 20.5. The number of imidazole rings is 1. The van der Waals surface area contributed by atoms with Gasteiger partial charge in [0.1, 0.15) is 16.9 Å². The van der Waals surface area contributed by atoms with Gasteiger partial charge in [0.2, 0.25) is 5.91 Å². The quantitative estimate of drug-likeness (QED) is 0.183. The SMILES string of the molecule is Cl.O=C(CCc1ccccc1)Nc1cccc2[nH]c(-c3c(NC[C@@H](O)c4ccccc4)cc[nH]c3=O)nc12. The summed E-state index contributed by atoms with van der Waals surface area (Å²) in [5.41, 5.74) is 4.22. The van der Waals surface area contributed by atoms with Crippen LogP contribution in [0.2, 0.25) is 0 Å². The van der Waals surface area contributed by atoms with Crippen molar-refractivity contribution in [3.05, 3.63) is 113 Å². The van der Waals surface area contributed by atoms with E-state index in [1.54, 1.807) is 18.3 Å². The van der Waals surface area contributed by atoms with Gasteiger partial charge in [-0.05, 0) is 35.7 Å². The molecule has 0 radical (unpaired) electrons. The first-order valence-electron chi connectivity index (χ1n) is 12.1. The summed E-state index contributed by atoms with van der Waals surface area (Å²) in [6.07, 6.45) is 1.78. The fraction of sp³-hybridized carbons (Fsp3) is 0.138. The van der Waals surface area contributed by atoms with Crippen molar-refractivity contribution < 1.29 is 9.90 Å². The Bertz CT molecular complexity index is 1570. The largest absolute Gasteiger partial charge is 0.387 e. The fourth-order valence-corrected chi connectivity index (χ4v) is 4.23. The van der Waals surface area contributed by atoms with Crippen LogP contribution in [0.15, 0.2) is 95.9 Å². The van der Waals surface area contributed by atoms with Crippen LogP contribution >= 0.6 is 12.4 Å². The van der Waals surface area contributed by atoms with Gasteiger partial charge in [-0.2, -0.15) is 0 Å². The highest BCUT2D eigenvalue weighted by Crippen LogP contribution is 2.28. The van der Waals surface area contributed by atoms with Crippen LogP contribution in [0.5, 0.6) is 0 Å². The van der Waals surface area contributed by atoms with E-state index < -0.39 is 6.10 Å². The molecule has 5 aromatic rings. The van der Waals surface area contributed by atoms with E-state index in [0.29, 0.717) is 46.6 Å². The fourth-order valence-electron chi connectivity index (χ4n) is 4.23. The normalized spacial score (nSPS) is 11.5. The number of amides is 1. The second kappa shape index (κ2) is 12.2. The number of anilines is 2. The van der Waals surface area contributed by atoms with Crippen LogP contribution in [0.1, 0.15) is 23.7 Å². The third kappa shape index (κ3) is 6.11. The maximum atomic E-state index is 12.8. The zero-order chi connectivity index (χ0) is 25.6. The van der Waals surface area contributed by atoms with Crippen LogP contribution in [0.3, 0.4) is 0 Å². The van der Waals surface area contributed by atoms with E-state index in [1.165, 1.54) is 0 Å². The molecule has 1 amide bonds. The predicted octanol–water partition coefficient (Wildman–Crippen LogP) is 5.06. The van der Waals surface area contributed by atoms with Gasteiger partial charge >= 0.3 is 0 Å². The van der Waals surface area contributed by atoms with Gasteiger partial charge in [0.05, 0.1) is 23.0 Å². The summed E-state index contributed by atoms with van der Waals surface area (Å²) in [4.78, 5) is 36.0. The highest BCUT2D eigenvalue weighted by Gasteiger charge is 2.17.